The van der Waals surface area contributed by atoms with Gasteiger partial charge in [-0.25, -0.2) is 4.79 Å². The fourth-order valence-electron chi connectivity index (χ4n) is 1.62. The van der Waals surface area contributed by atoms with Crippen LogP contribution in [0.2, 0.25) is 0 Å². The van der Waals surface area contributed by atoms with E-state index in [1.54, 1.807) is 37.3 Å². The van der Waals surface area contributed by atoms with Crippen molar-refractivity contribution in [2.45, 2.75) is 6.92 Å². The Labute approximate surface area is 116 Å². The third-order valence-corrected chi connectivity index (χ3v) is 2.70. The summed E-state index contributed by atoms with van der Waals surface area (Å²) in [6.45, 7) is 1.80. The first kappa shape index (κ1) is 13.7. The number of nitrogens with one attached hydrogen (secondary N) is 3. The summed E-state index contributed by atoms with van der Waals surface area (Å²) in [6, 6.07) is 8.21. The molecule has 0 aliphatic heterocycles. The summed E-state index contributed by atoms with van der Waals surface area (Å²) in [5, 5.41) is 7.80. The van der Waals surface area contributed by atoms with E-state index in [1.165, 1.54) is 13.3 Å². The Hall–Kier alpha value is -2.76. The van der Waals surface area contributed by atoms with Gasteiger partial charge in [-0.15, -0.1) is 0 Å². The molecule has 0 aliphatic rings. The number of hydrogen-bond acceptors (Lipinski definition) is 3. The molecule has 20 heavy (non-hydrogen) atoms. The Kier molecular flexibility index (Phi) is 4.05. The molecular weight excluding hydrogens is 258 g/mol. The van der Waals surface area contributed by atoms with E-state index in [2.05, 4.69) is 16.0 Å². The molecule has 1 aromatic carbocycles. The zero-order valence-corrected chi connectivity index (χ0v) is 11.2. The van der Waals surface area contributed by atoms with Crippen LogP contribution in [0.4, 0.5) is 16.2 Å². The highest BCUT2D eigenvalue weighted by atomic mass is 16.3. The van der Waals surface area contributed by atoms with Crippen LogP contribution in [-0.4, -0.2) is 19.0 Å². The van der Waals surface area contributed by atoms with Crippen molar-refractivity contribution in [1.29, 1.82) is 0 Å². The van der Waals surface area contributed by atoms with Gasteiger partial charge in [-0.05, 0) is 37.3 Å². The number of benzene rings is 1. The largest absolute Gasteiger partial charge is 0.459 e. The molecule has 1 aromatic heterocycles. The van der Waals surface area contributed by atoms with E-state index in [9.17, 15) is 9.59 Å². The van der Waals surface area contributed by atoms with Crippen LogP contribution >= 0.6 is 0 Å². The average molecular weight is 273 g/mol. The molecule has 6 heteroatoms. The summed E-state index contributed by atoms with van der Waals surface area (Å²) >= 11 is 0. The first-order valence-electron chi connectivity index (χ1n) is 6.04. The molecule has 0 fully saturated rings. The maximum absolute atomic E-state index is 11.9. The molecule has 104 valence electrons. The van der Waals surface area contributed by atoms with Crippen LogP contribution in [0.15, 0.2) is 41.0 Å². The number of carbonyl (C=O) groups is 2. The van der Waals surface area contributed by atoms with Gasteiger partial charge in [-0.3, -0.25) is 4.79 Å². The Bertz CT molecular complexity index is 617. The molecule has 3 amide bonds. The lowest BCUT2D eigenvalue weighted by Gasteiger charge is -2.07. The fraction of sp³-hybridized carbons (Fsp3) is 0.143. The summed E-state index contributed by atoms with van der Waals surface area (Å²) in [6.07, 6.45) is 1.47. The van der Waals surface area contributed by atoms with Crippen molar-refractivity contribution in [3.05, 3.63) is 47.9 Å². The van der Waals surface area contributed by atoms with Gasteiger partial charge in [0, 0.05) is 24.0 Å². The van der Waals surface area contributed by atoms with Crippen LogP contribution in [0.1, 0.15) is 16.1 Å². The molecule has 2 rings (SSSR count). The molecule has 3 N–H and O–H groups in total. The number of furan rings is 1. The Balaban J connectivity index is 2.02. The standard InChI is InChI=1S/C14H15N3O3/c1-9-7-8-20-12(9)13(18)16-10-3-5-11(6-4-10)17-14(19)15-2/h3-8H,1-2H3,(H,16,18)(H2,15,17,19). The maximum Gasteiger partial charge on any atom is 0.318 e. The Morgan fingerprint density at radius 1 is 1.00 bits per heavy atom. The number of rotatable bonds is 3. The fourth-order valence-corrected chi connectivity index (χ4v) is 1.62. The van der Waals surface area contributed by atoms with Gasteiger partial charge in [0.25, 0.3) is 5.91 Å². The van der Waals surface area contributed by atoms with E-state index < -0.39 is 0 Å². The molecule has 2 aromatic rings. The number of amides is 3. The number of urea groups is 1. The lowest BCUT2D eigenvalue weighted by atomic mass is 10.2. The van der Waals surface area contributed by atoms with Crippen LogP contribution in [-0.2, 0) is 0 Å². The molecule has 0 radical (unpaired) electrons. The lowest BCUT2D eigenvalue weighted by molar-refractivity contribution is 0.0996. The topological polar surface area (TPSA) is 83.4 Å². The summed E-state index contributed by atoms with van der Waals surface area (Å²) < 4.78 is 5.11. The van der Waals surface area contributed by atoms with Crippen molar-refractivity contribution >= 4 is 23.3 Å². The first-order chi connectivity index (χ1) is 9.60. The second kappa shape index (κ2) is 5.92. The van der Waals surface area contributed by atoms with Gasteiger partial charge >= 0.3 is 6.03 Å². The van der Waals surface area contributed by atoms with Gasteiger partial charge in [0.05, 0.1) is 6.26 Å². The minimum Gasteiger partial charge on any atom is -0.459 e. The van der Waals surface area contributed by atoms with E-state index in [4.69, 9.17) is 4.42 Å². The van der Waals surface area contributed by atoms with Crippen LogP contribution in [0.3, 0.4) is 0 Å². The third-order valence-electron chi connectivity index (χ3n) is 2.70. The summed E-state index contributed by atoms with van der Waals surface area (Å²) in [5.74, 6) is -0.0166. The SMILES string of the molecule is CNC(=O)Nc1ccc(NC(=O)c2occc2C)cc1. The molecule has 0 bridgehead atoms. The van der Waals surface area contributed by atoms with Crippen LogP contribution in [0, 0.1) is 6.92 Å². The number of aryl methyl sites for hydroxylation is 1. The summed E-state index contributed by atoms with van der Waals surface area (Å²) in [5.41, 5.74) is 2.03. The van der Waals surface area contributed by atoms with E-state index in [1.807, 2.05) is 0 Å². The first-order valence-corrected chi connectivity index (χ1v) is 6.04. The summed E-state index contributed by atoms with van der Waals surface area (Å²) in [4.78, 5) is 23.1. The highest BCUT2D eigenvalue weighted by Gasteiger charge is 2.12. The van der Waals surface area contributed by atoms with Crippen molar-refractivity contribution < 1.29 is 14.0 Å². The van der Waals surface area contributed by atoms with E-state index >= 15 is 0 Å². The molecule has 0 saturated heterocycles. The van der Waals surface area contributed by atoms with Gasteiger partial charge in [0.1, 0.15) is 0 Å². The average Bonchev–Trinajstić information content (AvgIpc) is 2.87. The quantitative estimate of drug-likeness (QED) is 0.803. The Morgan fingerprint density at radius 2 is 1.60 bits per heavy atom. The van der Waals surface area contributed by atoms with Gasteiger partial charge in [-0.2, -0.15) is 0 Å². The van der Waals surface area contributed by atoms with E-state index in [0.29, 0.717) is 11.4 Å². The monoisotopic (exact) mass is 273 g/mol. The van der Waals surface area contributed by atoms with E-state index in [-0.39, 0.29) is 17.7 Å². The molecular formula is C14H15N3O3. The molecule has 6 nitrogen and oxygen atoms in total. The molecule has 0 saturated carbocycles. The molecule has 0 aliphatic carbocycles. The highest BCUT2D eigenvalue weighted by Crippen LogP contribution is 2.16. The van der Waals surface area contributed by atoms with Gasteiger partial charge in [-0.1, -0.05) is 0 Å². The molecule has 1 heterocycles. The zero-order valence-electron chi connectivity index (χ0n) is 11.2. The molecule has 0 atom stereocenters. The normalized spacial score (nSPS) is 9.90. The van der Waals surface area contributed by atoms with Crippen molar-refractivity contribution in [2.24, 2.45) is 0 Å². The highest BCUT2D eigenvalue weighted by molar-refractivity contribution is 6.03. The minimum atomic E-state index is -0.306. The Morgan fingerprint density at radius 3 is 2.10 bits per heavy atom. The van der Waals surface area contributed by atoms with Crippen LogP contribution in [0.25, 0.3) is 0 Å². The zero-order chi connectivity index (χ0) is 14.5. The van der Waals surface area contributed by atoms with Crippen molar-refractivity contribution in [2.75, 3.05) is 17.7 Å². The van der Waals surface area contributed by atoms with Gasteiger partial charge in [0.2, 0.25) is 0 Å². The second-order valence-corrected chi connectivity index (χ2v) is 4.17. The summed E-state index contributed by atoms with van der Waals surface area (Å²) in [7, 11) is 1.54. The van der Waals surface area contributed by atoms with Crippen molar-refractivity contribution in [1.82, 2.24) is 5.32 Å². The minimum absolute atomic E-state index is 0.289. The number of carbonyl (C=O) groups excluding carboxylic acids is 2. The smallest absolute Gasteiger partial charge is 0.318 e. The lowest BCUT2D eigenvalue weighted by Crippen LogP contribution is -2.24. The van der Waals surface area contributed by atoms with E-state index in [0.717, 1.165) is 5.56 Å². The predicted molar refractivity (Wildman–Crippen MR) is 75.9 cm³/mol. The maximum atomic E-state index is 11.9. The van der Waals surface area contributed by atoms with Gasteiger partial charge in [0.15, 0.2) is 5.76 Å². The van der Waals surface area contributed by atoms with Crippen molar-refractivity contribution in [3.8, 4) is 0 Å². The number of hydrogen-bond donors (Lipinski definition) is 3. The molecule has 0 unspecified atom stereocenters. The molecule has 0 spiro atoms. The van der Waals surface area contributed by atoms with Crippen LogP contribution < -0.4 is 16.0 Å². The number of anilines is 2. The third kappa shape index (κ3) is 3.17. The van der Waals surface area contributed by atoms with Crippen molar-refractivity contribution in [3.63, 3.8) is 0 Å². The van der Waals surface area contributed by atoms with Gasteiger partial charge < -0.3 is 20.4 Å². The predicted octanol–water partition coefficient (Wildman–Crippen LogP) is 2.59. The second-order valence-electron chi connectivity index (χ2n) is 4.17. The van der Waals surface area contributed by atoms with Crippen LogP contribution in [0.5, 0.6) is 0 Å².